The van der Waals surface area contributed by atoms with E-state index in [9.17, 15) is 9.59 Å². The van der Waals surface area contributed by atoms with Crippen LogP contribution in [0, 0.1) is 6.92 Å². The van der Waals surface area contributed by atoms with Gasteiger partial charge in [0.15, 0.2) is 0 Å². The molecule has 1 fully saturated rings. The first kappa shape index (κ1) is 13.9. The minimum absolute atomic E-state index is 0.312. The quantitative estimate of drug-likeness (QED) is 0.910. The van der Waals surface area contributed by atoms with Crippen molar-refractivity contribution in [2.45, 2.75) is 25.3 Å². The smallest absolute Gasteiger partial charge is 0.329 e. The van der Waals surface area contributed by atoms with Crippen molar-refractivity contribution in [1.82, 2.24) is 5.32 Å². The Bertz CT molecular complexity index is 745. The Morgan fingerprint density at radius 3 is 2.67 bits per heavy atom. The first-order chi connectivity index (χ1) is 9.97. The maximum atomic E-state index is 12.4. The average molecular weight is 305 g/mol. The predicted molar refractivity (Wildman–Crippen MR) is 80.2 cm³/mol. The number of amides is 1. The molecule has 110 valence electrons. The summed E-state index contributed by atoms with van der Waals surface area (Å²) in [5, 5.41) is 12.8. The lowest BCUT2D eigenvalue weighted by atomic mass is 10.1. The van der Waals surface area contributed by atoms with E-state index in [1.165, 1.54) is 11.3 Å². The molecule has 1 aliphatic rings. The minimum atomic E-state index is -1.06. The maximum absolute atomic E-state index is 12.4. The standard InChI is InChI=1S/C15H15NO4S/c1-8-10-7-9(20-2)3-4-11(10)21-12(8)13(17)16-15(5-6-15)14(18)19/h3-4,7H,5-6H2,1-2H3,(H,16,17)(H,18,19). The van der Waals surface area contributed by atoms with Crippen molar-refractivity contribution in [2.24, 2.45) is 0 Å². The van der Waals surface area contributed by atoms with Crippen LogP contribution < -0.4 is 10.1 Å². The molecule has 2 N–H and O–H groups in total. The molecule has 21 heavy (non-hydrogen) atoms. The number of aliphatic carboxylic acids is 1. The molecule has 1 heterocycles. The molecule has 0 saturated heterocycles. The Hall–Kier alpha value is -2.08. The highest BCUT2D eigenvalue weighted by Gasteiger charge is 2.51. The third-order valence-corrected chi connectivity index (χ3v) is 5.13. The number of carbonyl (C=O) groups excluding carboxylic acids is 1. The molecule has 0 atom stereocenters. The van der Waals surface area contributed by atoms with E-state index >= 15 is 0 Å². The number of fused-ring (bicyclic) bond motifs is 1. The van der Waals surface area contributed by atoms with Gasteiger partial charge in [0.2, 0.25) is 0 Å². The molecular weight excluding hydrogens is 290 g/mol. The highest BCUT2D eigenvalue weighted by atomic mass is 32.1. The zero-order valence-corrected chi connectivity index (χ0v) is 12.5. The fourth-order valence-electron chi connectivity index (χ4n) is 2.34. The molecule has 6 heteroatoms. The Balaban J connectivity index is 1.95. The summed E-state index contributed by atoms with van der Waals surface area (Å²) in [4.78, 5) is 24.1. The fourth-order valence-corrected chi connectivity index (χ4v) is 3.42. The molecule has 1 saturated carbocycles. The van der Waals surface area contributed by atoms with E-state index in [2.05, 4.69) is 5.32 Å². The van der Waals surface area contributed by atoms with Crippen molar-refractivity contribution in [3.8, 4) is 5.75 Å². The highest BCUT2D eigenvalue weighted by Crippen LogP contribution is 2.38. The van der Waals surface area contributed by atoms with Crippen LogP contribution >= 0.6 is 11.3 Å². The van der Waals surface area contributed by atoms with Crippen molar-refractivity contribution in [2.75, 3.05) is 7.11 Å². The number of benzene rings is 1. The Morgan fingerprint density at radius 1 is 1.38 bits per heavy atom. The SMILES string of the molecule is COc1ccc2sc(C(=O)NC3(C(=O)O)CC3)c(C)c2c1. The molecule has 1 aromatic heterocycles. The van der Waals surface area contributed by atoms with E-state index in [1.807, 2.05) is 25.1 Å². The van der Waals surface area contributed by atoms with Crippen LogP contribution in [0.5, 0.6) is 5.75 Å². The molecule has 3 rings (SSSR count). The van der Waals surface area contributed by atoms with Gasteiger partial charge in [-0.2, -0.15) is 0 Å². The minimum Gasteiger partial charge on any atom is -0.497 e. The van der Waals surface area contributed by atoms with Gasteiger partial charge in [0.1, 0.15) is 11.3 Å². The third-order valence-electron chi connectivity index (χ3n) is 3.86. The third kappa shape index (κ3) is 2.25. The maximum Gasteiger partial charge on any atom is 0.329 e. The number of thiophene rings is 1. The molecule has 0 unspecified atom stereocenters. The summed E-state index contributed by atoms with van der Waals surface area (Å²) in [6, 6.07) is 5.65. The molecule has 1 amide bonds. The number of aryl methyl sites for hydroxylation is 1. The van der Waals surface area contributed by atoms with E-state index in [0.29, 0.717) is 17.7 Å². The summed E-state index contributed by atoms with van der Waals surface area (Å²) in [6.07, 6.45) is 0.984. The summed E-state index contributed by atoms with van der Waals surface area (Å²) < 4.78 is 6.18. The van der Waals surface area contributed by atoms with Gasteiger partial charge in [0.25, 0.3) is 5.91 Å². The highest BCUT2D eigenvalue weighted by molar-refractivity contribution is 7.21. The number of ether oxygens (including phenoxy) is 1. The van der Waals surface area contributed by atoms with E-state index in [-0.39, 0.29) is 5.91 Å². The molecule has 0 aliphatic heterocycles. The monoisotopic (exact) mass is 305 g/mol. The Morgan fingerprint density at radius 2 is 2.10 bits per heavy atom. The van der Waals surface area contributed by atoms with Gasteiger partial charge in [-0.1, -0.05) is 0 Å². The van der Waals surface area contributed by atoms with E-state index < -0.39 is 11.5 Å². The normalized spacial score (nSPS) is 15.7. The van der Waals surface area contributed by atoms with Crippen molar-refractivity contribution in [1.29, 1.82) is 0 Å². The Kier molecular flexibility index (Phi) is 3.13. The predicted octanol–water partition coefficient (Wildman–Crippen LogP) is 2.57. The van der Waals surface area contributed by atoms with Crippen LogP contribution in [0.2, 0.25) is 0 Å². The van der Waals surface area contributed by atoms with Crippen molar-refractivity contribution in [3.05, 3.63) is 28.6 Å². The topological polar surface area (TPSA) is 75.6 Å². The second kappa shape index (κ2) is 4.73. The molecule has 0 spiro atoms. The first-order valence-corrected chi connectivity index (χ1v) is 7.41. The number of carboxylic acids is 1. The van der Waals surface area contributed by atoms with Crippen molar-refractivity contribution in [3.63, 3.8) is 0 Å². The van der Waals surface area contributed by atoms with Crippen LogP contribution in [0.1, 0.15) is 28.1 Å². The molecule has 5 nitrogen and oxygen atoms in total. The van der Waals surface area contributed by atoms with Gasteiger partial charge in [0.05, 0.1) is 12.0 Å². The number of carboxylic acid groups (broad SMARTS) is 1. The molecule has 0 radical (unpaired) electrons. The van der Waals surface area contributed by atoms with Crippen LogP contribution in [0.4, 0.5) is 0 Å². The number of carbonyl (C=O) groups is 2. The number of nitrogens with one attached hydrogen (secondary N) is 1. The zero-order chi connectivity index (χ0) is 15.2. The molecular formula is C15H15NO4S. The second-order valence-electron chi connectivity index (χ2n) is 5.26. The van der Waals surface area contributed by atoms with Crippen LogP contribution in [-0.2, 0) is 4.79 Å². The Labute approximate surface area is 125 Å². The van der Waals surface area contributed by atoms with Crippen molar-refractivity contribution >= 4 is 33.3 Å². The van der Waals surface area contributed by atoms with Crippen LogP contribution in [-0.4, -0.2) is 29.6 Å². The van der Waals surface area contributed by atoms with E-state index in [4.69, 9.17) is 9.84 Å². The number of hydrogen-bond donors (Lipinski definition) is 2. The first-order valence-electron chi connectivity index (χ1n) is 6.60. The molecule has 1 aliphatic carbocycles. The van der Waals surface area contributed by atoms with Gasteiger partial charge in [-0.05, 0) is 48.9 Å². The summed E-state index contributed by atoms with van der Waals surface area (Å²) in [6.45, 7) is 1.87. The van der Waals surface area contributed by atoms with Gasteiger partial charge in [-0.25, -0.2) is 4.79 Å². The lowest BCUT2D eigenvalue weighted by molar-refractivity contribution is -0.140. The van der Waals surface area contributed by atoms with Gasteiger partial charge < -0.3 is 15.2 Å². The zero-order valence-electron chi connectivity index (χ0n) is 11.7. The average Bonchev–Trinajstić information content (AvgIpc) is 3.17. The molecule has 0 bridgehead atoms. The largest absolute Gasteiger partial charge is 0.497 e. The summed E-state index contributed by atoms with van der Waals surface area (Å²) in [5.41, 5.74) is -0.204. The molecule has 1 aromatic carbocycles. The van der Waals surface area contributed by atoms with Crippen LogP contribution in [0.3, 0.4) is 0 Å². The fraction of sp³-hybridized carbons (Fsp3) is 0.333. The van der Waals surface area contributed by atoms with Crippen LogP contribution in [0.25, 0.3) is 10.1 Å². The lowest BCUT2D eigenvalue weighted by Gasteiger charge is -2.11. The molecule has 2 aromatic rings. The number of methoxy groups -OCH3 is 1. The van der Waals surface area contributed by atoms with Crippen molar-refractivity contribution < 1.29 is 19.4 Å². The van der Waals surface area contributed by atoms with Gasteiger partial charge in [0, 0.05) is 4.70 Å². The lowest BCUT2D eigenvalue weighted by Crippen LogP contribution is -2.42. The summed E-state index contributed by atoms with van der Waals surface area (Å²) in [7, 11) is 1.60. The van der Waals surface area contributed by atoms with Gasteiger partial charge in [-0.3, -0.25) is 4.79 Å². The summed E-state index contributed by atoms with van der Waals surface area (Å²) >= 11 is 1.37. The van der Waals surface area contributed by atoms with Crippen LogP contribution in [0.15, 0.2) is 18.2 Å². The number of hydrogen-bond acceptors (Lipinski definition) is 4. The number of rotatable bonds is 4. The second-order valence-corrected chi connectivity index (χ2v) is 6.31. The summed E-state index contributed by atoms with van der Waals surface area (Å²) in [5.74, 6) is -0.539. The van der Waals surface area contributed by atoms with Gasteiger partial charge in [-0.15, -0.1) is 11.3 Å². The van der Waals surface area contributed by atoms with E-state index in [1.54, 1.807) is 7.11 Å². The van der Waals surface area contributed by atoms with Gasteiger partial charge >= 0.3 is 5.97 Å². The van der Waals surface area contributed by atoms with E-state index in [0.717, 1.165) is 21.4 Å².